The predicted molar refractivity (Wildman–Crippen MR) is 58.1 cm³/mol. The van der Waals surface area contributed by atoms with Gasteiger partial charge in [0.05, 0.1) is 11.0 Å². The quantitative estimate of drug-likeness (QED) is 0.638. The van der Waals surface area contributed by atoms with Gasteiger partial charge in [-0.1, -0.05) is 17.7 Å². The number of aryl methyl sites for hydroxylation is 1. The summed E-state index contributed by atoms with van der Waals surface area (Å²) < 4.78 is 0. The average Bonchev–Trinajstić information content (AvgIpc) is 2.14. The maximum Gasteiger partial charge on any atom is 0.287 e. The van der Waals surface area contributed by atoms with Gasteiger partial charge in [-0.05, 0) is 31.4 Å². The van der Waals surface area contributed by atoms with E-state index in [9.17, 15) is 10.1 Å². The van der Waals surface area contributed by atoms with Gasteiger partial charge in [0.1, 0.15) is 5.02 Å². The Bertz CT molecular complexity index is 366. The Morgan fingerprint density at radius 1 is 1.60 bits per heavy atom. The Morgan fingerprint density at radius 3 is 2.73 bits per heavy atom. The first-order valence-electron chi connectivity index (χ1n) is 4.61. The topological polar surface area (TPSA) is 63.4 Å². The van der Waals surface area contributed by atoms with E-state index in [0.29, 0.717) is 12.8 Å². The van der Waals surface area contributed by atoms with E-state index in [1.807, 2.05) is 0 Å². The zero-order valence-corrected chi connectivity index (χ0v) is 9.07. The van der Waals surface area contributed by atoms with Gasteiger partial charge in [0, 0.05) is 6.07 Å². The molecule has 0 radical (unpaired) electrons. The third kappa shape index (κ3) is 3.49. The van der Waals surface area contributed by atoms with Crippen LogP contribution in [0.15, 0.2) is 18.2 Å². The molecule has 0 aromatic heterocycles. The maximum atomic E-state index is 10.5. The van der Waals surface area contributed by atoms with Crippen LogP contribution in [0.3, 0.4) is 0 Å². The van der Waals surface area contributed by atoms with Crippen LogP contribution in [0.4, 0.5) is 5.69 Å². The number of nitrogens with zero attached hydrogens (tertiary/aromatic N) is 1. The predicted octanol–water partition coefficient (Wildman–Crippen LogP) is 2.56. The Balaban J connectivity index is 2.78. The van der Waals surface area contributed by atoms with E-state index in [1.165, 1.54) is 6.07 Å². The molecule has 4 nitrogen and oxygen atoms in total. The van der Waals surface area contributed by atoms with Crippen LogP contribution in [0.5, 0.6) is 0 Å². The highest BCUT2D eigenvalue weighted by Gasteiger charge is 2.11. The number of aliphatic hydroxyl groups excluding tert-OH is 1. The molecule has 0 unspecified atom stereocenters. The molecule has 0 spiro atoms. The second kappa shape index (κ2) is 5.09. The van der Waals surface area contributed by atoms with Crippen LogP contribution >= 0.6 is 11.6 Å². The Labute approximate surface area is 92.6 Å². The van der Waals surface area contributed by atoms with Gasteiger partial charge in [-0.3, -0.25) is 10.1 Å². The standard InChI is InChI=1S/C10H12ClNO3/c1-7(13)2-3-8-4-5-10(12(14)15)9(11)6-8/h4-7,13H,2-3H2,1H3/t7-/m1/s1. The minimum Gasteiger partial charge on any atom is -0.393 e. The largest absolute Gasteiger partial charge is 0.393 e. The minimum absolute atomic E-state index is 0.0857. The molecule has 0 amide bonds. The van der Waals surface area contributed by atoms with E-state index in [2.05, 4.69) is 0 Å². The number of hydrogen-bond donors (Lipinski definition) is 1. The summed E-state index contributed by atoms with van der Waals surface area (Å²) >= 11 is 5.74. The van der Waals surface area contributed by atoms with Gasteiger partial charge in [-0.25, -0.2) is 0 Å². The van der Waals surface area contributed by atoms with E-state index < -0.39 is 4.92 Å². The second-order valence-corrected chi connectivity index (χ2v) is 3.84. The molecule has 82 valence electrons. The molecule has 0 aliphatic rings. The van der Waals surface area contributed by atoms with Gasteiger partial charge >= 0.3 is 0 Å². The lowest BCUT2D eigenvalue weighted by atomic mass is 10.1. The van der Waals surface area contributed by atoms with Crippen LogP contribution in [-0.4, -0.2) is 16.1 Å². The lowest BCUT2D eigenvalue weighted by Crippen LogP contribution is -2.01. The molecule has 0 fully saturated rings. The Kier molecular flexibility index (Phi) is 4.05. The van der Waals surface area contributed by atoms with E-state index >= 15 is 0 Å². The molecule has 1 N–H and O–H groups in total. The molecule has 15 heavy (non-hydrogen) atoms. The van der Waals surface area contributed by atoms with Crippen LogP contribution in [0.2, 0.25) is 5.02 Å². The lowest BCUT2D eigenvalue weighted by molar-refractivity contribution is -0.384. The third-order valence-corrected chi connectivity index (χ3v) is 2.36. The normalized spacial score (nSPS) is 12.5. The molecular weight excluding hydrogens is 218 g/mol. The molecular formula is C10H12ClNO3. The van der Waals surface area contributed by atoms with E-state index in [0.717, 1.165) is 5.56 Å². The van der Waals surface area contributed by atoms with Gasteiger partial charge in [-0.15, -0.1) is 0 Å². The van der Waals surface area contributed by atoms with E-state index in [1.54, 1.807) is 19.1 Å². The molecule has 0 aliphatic heterocycles. The fraction of sp³-hybridized carbons (Fsp3) is 0.400. The summed E-state index contributed by atoms with van der Waals surface area (Å²) in [5, 5.41) is 19.7. The average molecular weight is 230 g/mol. The van der Waals surface area contributed by atoms with Crippen molar-refractivity contribution in [2.45, 2.75) is 25.9 Å². The monoisotopic (exact) mass is 229 g/mol. The summed E-state index contributed by atoms with van der Waals surface area (Å²) in [5.74, 6) is 0. The number of hydrogen-bond acceptors (Lipinski definition) is 3. The molecule has 1 rings (SSSR count). The summed E-state index contributed by atoms with van der Waals surface area (Å²) in [6, 6.07) is 4.62. The van der Waals surface area contributed by atoms with Crippen LogP contribution in [0, 0.1) is 10.1 Å². The first-order chi connectivity index (χ1) is 7.00. The highest BCUT2D eigenvalue weighted by atomic mass is 35.5. The van der Waals surface area contributed by atoms with Crippen molar-refractivity contribution in [1.82, 2.24) is 0 Å². The molecule has 0 saturated carbocycles. The first kappa shape index (κ1) is 11.9. The lowest BCUT2D eigenvalue weighted by Gasteiger charge is -2.04. The van der Waals surface area contributed by atoms with Gasteiger partial charge in [-0.2, -0.15) is 0 Å². The molecule has 1 atom stereocenters. The zero-order chi connectivity index (χ0) is 11.4. The number of nitro groups is 1. The fourth-order valence-corrected chi connectivity index (χ4v) is 1.50. The molecule has 0 bridgehead atoms. The number of benzene rings is 1. The van der Waals surface area contributed by atoms with Crippen LogP contribution < -0.4 is 0 Å². The third-order valence-electron chi connectivity index (χ3n) is 2.06. The summed E-state index contributed by atoms with van der Waals surface area (Å²) in [6.45, 7) is 1.70. The Morgan fingerprint density at radius 2 is 2.27 bits per heavy atom. The van der Waals surface area contributed by atoms with Crippen molar-refractivity contribution < 1.29 is 10.0 Å². The molecule has 0 aliphatic carbocycles. The van der Waals surface area contributed by atoms with Crippen molar-refractivity contribution >= 4 is 17.3 Å². The maximum absolute atomic E-state index is 10.5. The molecule has 0 heterocycles. The molecule has 1 aromatic rings. The highest BCUT2D eigenvalue weighted by molar-refractivity contribution is 6.32. The molecule has 1 aromatic carbocycles. The summed E-state index contributed by atoms with van der Waals surface area (Å²) in [7, 11) is 0. The van der Waals surface area contributed by atoms with Gasteiger partial charge in [0.25, 0.3) is 5.69 Å². The second-order valence-electron chi connectivity index (χ2n) is 3.43. The van der Waals surface area contributed by atoms with Crippen molar-refractivity contribution in [3.05, 3.63) is 38.9 Å². The van der Waals surface area contributed by atoms with Gasteiger partial charge in [0.15, 0.2) is 0 Å². The first-order valence-corrected chi connectivity index (χ1v) is 4.99. The zero-order valence-electron chi connectivity index (χ0n) is 8.31. The SMILES string of the molecule is C[C@@H](O)CCc1ccc([N+](=O)[O-])c(Cl)c1. The van der Waals surface area contributed by atoms with Crippen LogP contribution in [-0.2, 0) is 6.42 Å². The van der Waals surface area contributed by atoms with Crippen molar-refractivity contribution in [3.8, 4) is 0 Å². The smallest absolute Gasteiger partial charge is 0.287 e. The fourth-order valence-electron chi connectivity index (χ4n) is 1.23. The number of nitro benzene ring substituents is 1. The van der Waals surface area contributed by atoms with Crippen molar-refractivity contribution in [1.29, 1.82) is 0 Å². The summed E-state index contributed by atoms with van der Waals surface area (Å²) in [4.78, 5) is 9.97. The number of halogens is 1. The molecule has 0 saturated heterocycles. The van der Waals surface area contributed by atoms with Gasteiger partial charge < -0.3 is 5.11 Å². The van der Waals surface area contributed by atoms with E-state index in [-0.39, 0.29) is 16.8 Å². The van der Waals surface area contributed by atoms with Crippen molar-refractivity contribution in [2.75, 3.05) is 0 Å². The van der Waals surface area contributed by atoms with Crippen molar-refractivity contribution in [2.24, 2.45) is 0 Å². The molecule has 5 heteroatoms. The number of aliphatic hydroxyl groups is 1. The number of rotatable bonds is 4. The van der Waals surface area contributed by atoms with Crippen molar-refractivity contribution in [3.63, 3.8) is 0 Å². The summed E-state index contributed by atoms with van der Waals surface area (Å²) in [5.41, 5.74) is 0.809. The highest BCUT2D eigenvalue weighted by Crippen LogP contribution is 2.25. The van der Waals surface area contributed by atoms with Crippen LogP contribution in [0.25, 0.3) is 0 Å². The van der Waals surface area contributed by atoms with Gasteiger partial charge in [0.2, 0.25) is 0 Å². The minimum atomic E-state index is -0.513. The van der Waals surface area contributed by atoms with Crippen LogP contribution in [0.1, 0.15) is 18.9 Å². The van der Waals surface area contributed by atoms with E-state index in [4.69, 9.17) is 16.7 Å². The summed E-state index contributed by atoms with van der Waals surface area (Å²) in [6.07, 6.45) is 0.905. The Hall–Kier alpha value is -1.13.